The van der Waals surface area contributed by atoms with E-state index in [1.807, 2.05) is 18.2 Å². The van der Waals surface area contributed by atoms with Gasteiger partial charge < -0.3 is 19.3 Å². The third kappa shape index (κ3) is 4.27. The average molecular weight is 463 g/mol. The number of halogens is 1. The van der Waals surface area contributed by atoms with Crippen LogP contribution in [0.2, 0.25) is 0 Å². The molecule has 1 saturated heterocycles. The monoisotopic (exact) mass is 462 g/mol. The van der Waals surface area contributed by atoms with Crippen molar-refractivity contribution >= 4 is 17.4 Å². The molecular weight excluding hydrogens is 435 g/mol. The molecule has 0 N–H and O–H groups in total. The van der Waals surface area contributed by atoms with Gasteiger partial charge in [-0.3, -0.25) is 4.79 Å². The van der Waals surface area contributed by atoms with Crippen molar-refractivity contribution < 1.29 is 18.7 Å². The van der Waals surface area contributed by atoms with Gasteiger partial charge in [0.2, 0.25) is 5.95 Å². The Morgan fingerprint density at radius 2 is 1.68 bits per heavy atom. The van der Waals surface area contributed by atoms with Crippen LogP contribution in [0.15, 0.2) is 48.7 Å². The Morgan fingerprint density at radius 3 is 2.38 bits per heavy atom. The molecule has 0 spiro atoms. The van der Waals surface area contributed by atoms with Crippen LogP contribution >= 0.6 is 0 Å². The van der Waals surface area contributed by atoms with Gasteiger partial charge in [-0.25, -0.2) is 14.4 Å². The summed E-state index contributed by atoms with van der Waals surface area (Å²) < 4.78 is 24.1. The van der Waals surface area contributed by atoms with E-state index in [0.29, 0.717) is 35.9 Å². The number of nitrogens with zero attached hydrogens (tertiary/aromatic N) is 4. The van der Waals surface area contributed by atoms with E-state index in [4.69, 9.17) is 14.5 Å². The average Bonchev–Trinajstić information content (AvgIpc) is 2.88. The Morgan fingerprint density at radius 1 is 0.941 bits per heavy atom. The molecule has 0 amide bonds. The zero-order valence-corrected chi connectivity index (χ0v) is 19.3. The fourth-order valence-corrected chi connectivity index (χ4v) is 4.78. The molecule has 34 heavy (non-hydrogen) atoms. The van der Waals surface area contributed by atoms with Crippen LogP contribution in [0.5, 0.6) is 11.5 Å². The molecule has 8 heteroatoms. The van der Waals surface area contributed by atoms with Gasteiger partial charge in [-0.1, -0.05) is 6.07 Å². The molecule has 0 saturated carbocycles. The van der Waals surface area contributed by atoms with Gasteiger partial charge in [0.1, 0.15) is 17.3 Å². The number of anilines is 2. The molecule has 2 aliphatic rings. The lowest BCUT2D eigenvalue weighted by atomic mass is 9.82. The van der Waals surface area contributed by atoms with E-state index < -0.39 is 0 Å². The Balaban J connectivity index is 1.33. The second-order valence-corrected chi connectivity index (χ2v) is 8.62. The number of fused-ring (bicyclic) bond motifs is 1. The molecule has 0 bridgehead atoms. The Kier molecular flexibility index (Phi) is 6.04. The van der Waals surface area contributed by atoms with Gasteiger partial charge in [0.05, 0.1) is 25.5 Å². The molecule has 3 aromatic rings. The third-order valence-corrected chi connectivity index (χ3v) is 6.66. The predicted octanol–water partition coefficient (Wildman–Crippen LogP) is 3.87. The molecule has 2 aromatic carbocycles. The fraction of sp³-hybridized carbons (Fsp3) is 0.346. The number of Topliss-reactive ketones (excluding diaryl/α,β-unsaturated/α-hetero) is 1. The molecule has 0 unspecified atom stereocenters. The van der Waals surface area contributed by atoms with E-state index in [1.165, 1.54) is 12.1 Å². The summed E-state index contributed by atoms with van der Waals surface area (Å²) in [5, 5.41) is 0. The second-order valence-electron chi connectivity index (χ2n) is 8.62. The number of piperazine rings is 1. The summed E-state index contributed by atoms with van der Waals surface area (Å²) >= 11 is 0. The number of ether oxygens (including phenoxy) is 2. The van der Waals surface area contributed by atoms with E-state index in [1.54, 1.807) is 32.5 Å². The highest BCUT2D eigenvalue weighted by Gasteiger charge is 2.31. The molecule has 5 rings (SSSR count). The number of ketones is 1. The lowest BCUT2D eigenvalue weighted by molar-refractivity contribution is 0.0962. The summed E-state index contributed by atoms with van der Waals surface area (Å²) in [6.07, 6.45) is 2.72. The first kappa shape index (κ1) is 22.1. The highest BCUT2D eigenvalue weighted by molar-refractivity contribution is 5.98. The van der Waals surface area contributed by atoms with Crippen LogP contribution in [-0.2, 0) is 6.42 Å². The highest BCUT2D eigenvalue weighted by Crippen LogP contribution is 2.38. The topological polar surface area (TPSA) is 67.8 Å². The van der Waals surface area contributed by atoms with E-state index in [0.717, 1.165) is 43.1 Å². The zero-order valence-electron chi connectivity index (χ0n) is 19.3. The summed E-state index contributed by atoms with van der Waals surface area (Å²) in [5.41, 5.74) is 3.38. The molecule has 0 radical (unpaired) electrons. The molecule has 2 heterocycles. The summed E-state index contributed by atoms with van der Waals surface area (Å²) in [7, 11) is 3.25. The summed E-state index contributed by atoms with van der Waals surface area (Å²) in [6, 6.07) is 12.3. The SMILES string of the molecule is COc1ccc([C@@H]2CC(=O)c3cnc(N4CCN(c5ccc(F)cc5)CC4)nc3C2)c(OC)c1. The van der Waals surface area contributed by atoms with E-state index >= 15 is 0 Å². The Bertz CT molecular complexity index is 1190. The van der Waals surface area contributed by atoms with Gasteiger partial charge in [0, 0.05) is 56.5 Å². The highest BCUT2D eigenvalue weighted by atomic mass is 19.1. The normalized spacial score (nSPS) is 18.0. The van der Waals surface area contributed by atoms with Gasteiger partial charge in [0.15, 0.2) is 5.78 Å². The van der Waals surface area contributed by atoms with Crippen LogP contribution < -0.4 is 19.3 Å². The smallest absolute Gasteiger partial charge is 0.225 e. The van der Waals surface area contributed by atoms with E-state index in [9.17, 15) is 9.18 Å². The van der Waals surface area contributed by atoms with Gasteiger partial charge in [0.25, 0.3) is 0 Å². The van der Waals surface area contributed by atoms with Crippen molar-refractivity contribution in [3.05, 3.63) is 71.3 Å². The number of rotatable bonds is 5. The van der Waals surface area contributed by atoms with Gasteiger partial charge in [-0.2, -0.15) is 0 Å². The summed E-state index contributed by atoms with van der Waals surface area (Å²) in [4.78, 5) is 26.6. The molecule has 1 aliphatic carbocycles. The second kappa shape index (κ2) is 9.29. The van der Waals surface area contributed by atoms with Gasteiger partial charge in [-0.15, -0.1) is 0 Å². The molecule has 1 atom stereocenters. The lowest BCUT2D eigenvalue weighted by Gasteiger charge is -2.36. The number of benzene rings is 2. The number of carbonyl (C=O) groups is 1. The summed E-state index contributed by atoms with van der Waals surface area (Å²) in [5.74, 6) is 1.88. The quantitative estimate of drug-likeness (QED) is 0.570. The molecule has 1 aliphatic heterocycles. The summed E-state index contributed by atoms with van der Waals surface area (Å²) in [6.45, 7) is 3.08. The standard InChI is InChI=1S/C26H27FN4O3/c1-33-20-7-8-21(25(15-20)34-2)17-13-23-22(24(32)14-17)16-28-26(29-23)31-11-9-30(10-12-31)19-5-3-18(27)4-6-19/h3-8,15-17H,9-14H2,1-2H3/t17-/m0/s1. The Labute approximate surface area is 198 Å². The van der Waals surface area contributed by atoms with Crippen molar-refractivity contribution in [2.24, 2.45) is 0 Å². The van der Waals surface area contributed by atoms with Crippen molar-refractivity contribution in [1.29, 1.82) is 0 Å². The maximum absolute atomic E-state index is 13.2. The molecular formula is C26H27FN4O3. The van der Waals surface area contributed by atoms with E-state index in [-0.39, 0.29) is 17.5 Å². The van der Waals surface area contributed by atoms with Crippen LogP contribution in [0.3, 0.4) is 0 Å². The number of hydrogen-bond acceptors (Lipinski definition) is 7. The largest absolute Gasteiger partial charge is 0.497 e. The predicted molar refractivity (Wildman–Crippen MR) is 128 cm³/mol. The molecule has 1 fully saturated rings. The van der Waals surface area contributed by atoms with Crippen LogP contribution in [0.25, 0.3) is 0 Å². The zero-order chi connectivity index (χ0) is 23.7. The molecule has 1 aromatic heterocycles. The minimum absolute atomic E-state index is 0.0149. The first-order valence-electron chi connectivity index (χ1n) is 11.4. The van der Waals surface area contributed by atoms with Crippen molar-refractivity contribution in [3.8, 4) is 11.5 Å². The Hall–Kier alpha value is -3.68. The van der Waals surface area contributed by atoms with E-state index in [2.05, 4.69) is 14.8 Å². The molecule has 176 valence electrons. The third-order valence-electron chi connectivity index (χ3n) is 6.66. The van der Waals surface area contributed by atoms with Crippen molar-refractivity contribution in [2.45, 2.75) is 18.8 Å². The van der Waals surface area contributed by atoms with Crippen molar-refractivity contribution in [2.75, 3.05) is 50.2 Å². The molecule has 7 nitrogen and oxygen atoms in total. The van der Waals surface area contributed by atoms with Crippen LogP contribution in [-0.4, -0.2) is 56.1 Å². The van der Waals surface area contributed by atoms with Gasteiger partial charge in [-0.05, 0) is 42.3 Å². The number of aromatic nitrogens is 2. The lowest BCUT2D eigenvalue weighted by Crippen LogP contribution is -2.47. The van der Waals surface area contributed by atoms with Crippen LogP contribution in [0.1, 0.15) is 34.0 Å². The van der Waals surface area contributed by atoms with Crippen molar-refractivity contribution in [3.63, 3.8) is 0 Å². The fourth-order valence-electron chi connectivity index (χ4n) is 4.78. The first-order chi connectivity index (χ1) is 16.6. The van der Waals surface area contributed by atoms with Crippen LogP contribution in [0.4, 0.5) is 16.0 Å². The van der Waals surface area contributed by atoms with Crippen LogP contribution in [0, 0.1) is 5.82 Å². The number of methoxy groups -OCH3 is 2. The maximum atomic E-state index is 13.2. The minimum atomic E-state index is -0.232. The number of hydrogen-bond donors (Lipinski definition) is 0. The first-order valence-corrected chi connectivity index (χ1v) is 11.4. The van der Waals surface area contributed by atoms with Crippen molar-refractivity contribution in [1.82, 2.24) is 9.97 Å². The minimum Gasteiger partial charge on any atom is -0.497 e. The number of carbonyl (C=O) groups excluding carboxylic acids is 1. The van der Waals surface area contributed by atoms with Gasteiger partial charge >= 0.3 is 0 Å². The maximum Gasteiger partial charge on any atom is 0.225 e.